The largest absolute Gasteiger partial charge is 0.487 e. The number of hydrogen-bond acceptors (Lipinski definition) is 4. The van der Waals surface area contributed by atoms with Crippen LogP contribution in [0.2, 0.25) is 5.02 Å². The van der Waals surface area contributed by atoms with Crippen LogP contribution in [-0.2, 0) is 6.61 Å². The lowest BCUT2D eigenvalue weighted by molar-refractivity contribution is 0.0690. The first kappa shape index (κ1) is 13.8. The number of carboxylic acid groups (broad SMARTS) is 1. The number of aromatic nitrogens is 1. The zero-order chi connectivity index (χ0) is 14.5. The summed E-state index contributed by atoms with van der Waals surface area (Å²) in [5.74, 6) is -0.607. The van der Waals surface area contributed by atoms with Crippen molar-refractivity contribution >= 4 is 17.6 Å². The summed E-state index contributed by atoms with van der Waals surface area (Å²) in [6.45, 7) is 0.114. The van der Waals surface area contributed by atoms with Gasteiger partial charge in [0.05, 0.1) is 16.3 Å². The van der Waals surface area contributed by atoms with Crippen molar-refractivity contribution < 1.29 is 14.6 Å². The molecule has 1 aromatic carbocycles. The summed E-state index contributed by atoms with van der Waals surface area (Å²) in [6, 6.07) is 11.3. The lowest BCUT2D eigenvalue weighted by atomic mass is 10.2. The fourth-order valence-electron chi connectivity index (χ4n) is 1.51. The first-order valence-corrected chi connectivity index (χ1v) is 5.99. The van der Waals surface area contributed by atoms with Gasteiger partial charge in [-0.15, -0.1) is 0 Å². The molecule has 0 aliphatic rings. The van der Waals surface area contributed by atoms with Gasteiger partial charge in [0.25, 0.3) is 0 Å². The first-order chi connectivity index (χ1) is 9.60. The summed E-state index contributed by atoms with van der Waals surface area (Å²) >= 11 is 5.88. The Labute approximate surface area is 120 Å². The maximum Gasteiger partial charge on any atom is 0.354 e. The van der Waals surface area contributed by atoms with E-state index in [-0.39, 0.29) is 12.3 Å². The SMILES string of the molecule is N#Cc1ccc(OCc2cccc(C(=O)O)n2)cc1Cl. The van der Waals surface area contributed by atoms with Crippen LogP contribution >= 0.6 is 11.6 Å². The van der Waals surface area contributed by atoms with E-state index in [0.717, 1.165) is 0 Å². The standard InChI is InChI=1S/C14H9ClN2O3/c15-12-6-11(5-4-9(12)7-16)20-8-10-2-1-3-13(17-10)14(18)19/h1-6H,8H2,(H,18,19). The molecule has 1 N–H and O–H groups in total. The topological polar surface area (TPSA) is 83.2 Å². The van der Waals surface area contributed by atoms with Crippen molar-refractivity contribution in [1.82, 2.24) is 4.98 Å². The van der Waals surface area contributed by atoms with Gasteiger partial charge in [0.2, 0.25) is 0 Å². The second kappa shape index (κ2) is 6.04. The Kier molecular flexibility index (Phi) is 4.18. The van der Waals surface area contributed by atoms with Gasteiger partial charge in [0.1, 0.15) is 24.1 Å². The summed E-state index contributed by atoms with van der Waals surface area (Å²) < 4.78 is 5.46. The number of pyridine rings is 1. The maximum absolute atomic E-state index is 10.8. The van der Waals surface area contributed by atoms with E-state index in [1.54, 1.807) is 24.3 Å². The van der Waals surface area contributed by atoms with Crippen LogP contribution in [0.15, 0.2) is 36.4 Å². The van der Waals surface area contributed by atoms with E-state index in [4.69, 9.17) is 26.7 Å². The highest BCUT2D eigenvalue weighted by Gasteiger charge is 2.06. The molecule has 6 heteroatoms. The predicted octanol–water partition coefficient (Wildman–Crippen LogP) is 2.88. The molecule has 2 rings (SSSR count). The molecule has 0 spiro atoms. The Balaban J connectivity index is 2.09. The van der Waals surface area contributed by atoms with E-state index in [9.17, 15) is 4.79 Å². The van der Waals surface area contributed by atoms with Gasteiger partial charge >= 0.3 is 5.97 Å². The molecule has 0 bridgehead atoms. The quantitative estimate of drug-likeness (QED) is 0.935. The Morgan fingerprint density at radius 3 is 2.85 bits per heavy atom. The molecule has 5 nitrogen and oxygen atoms in total. The Hall–Kier alpha value is -2.58. The number of benzene rings is 1. The first-order valence-electron chi connectivity index (χ1n) is 5.62. The molecule has 100 valence electrons. The summed E-state index contributed by atoms with van der Waals surface area (Å²) in [6.07, 6.45) is 0. The molecule has 0 amide bonds. The van der Waals surface area contributed by atoms with Crippen LogP contribution < -0.4 is 4.74 Å². The van der Waals surface area contributed by atoms with Crippen LogP contribution in [-0.4, -0.2) is 16.1 Å². The van der Waals surface area contributed by atoms with Gasteiger partial charge in [0, 0.05) is 6.07 Å². The van der Waals surface area contributed by atoms with Crippen molar-refractivity contribution in [2.45, 2.75) is 6.61 Å². The molecule has 0 saturated heterocycles. The zero-order valence-corrected chi connectivity index (χ0v) is 11.0. The Morgan fingerprint density at radius 1 is 1.40 bits per heavy atom. The fourth-order valence-corrected chi connectivity index (χ4v) is 1.73. The minimum absolute atomic E-state index is 0.0380. The summed E-state index contributed by atoms with van der Waals surface area (Å²) in [5, 5.41) is 17.9. The molecule has 0 unspecified atom stereocenters. The second-order valence-corrected chi connectivity index (χ2v) is 4.27. The summed E-state index contributed by atoms with van der Waals surface area (Å²) in [5.41, 5.74) is 0.819. The minimum Gasteiger partial charge on any atom is -0.487 e. The van der Waals surface area contributed by atoms with Gasteiger partial charge in [-0.25, -0.2) is 9.78 Å². The average molecular weight is 289 g/mol. The van der Waals surface area contributed by atoms with Crippen LogP contribution in [0.3, 0.4) is 0 Å². The van der Waals surface area contributed by atoms with E-state index >= 15 is 0 Å². The van der Waals surface area contributed by atoms with Crippen LogP contribution in [0.5, 0.6) is 5.75 Å². The third-order valence-electron chi connectivity index (χ3n) is 2.47. The highest BCUT2D eigenvalue weighted by atomic mass is 35.5. The number of halogens is 1. The van der Waals surface area contributed by atoms with Gasteiger partial charge in [-0.1, -0.05) is 17.7 Å². The molecule has 2 aromatic rings. The normalized spacial score (nSPS) is 9.80. The molecular weight excluding hydrogens is 280 g/mol. The summed E-state index contributed by atoms with van der Waals surface area (Å²) in [7, 11) is 0. The lowest BCUT2D eigenvalue weighted by Gasteiger charge is -2.07. The summed E-state index contributed by atoms with van der Waals surface area (Å²) in [4.78, 5) is 14.7. The van der Waals surface area contributed by atoms with Gasteiger partial charge in [-0.05, 0) is 24.3 Å². The highest BCUT2D eigenvalue weighted by molar-refractivity contribution is 6.31. The molecule has 0 saturated carbocycles. The van der Waals surface area contributed by atoms with Crippen LogP contribution in [0.1, 0.15) is 21.7 Å². The van der Waals surface area contributed by atoms with Crippen molar-refractivity contribution in [3.63, 3.8) is 0 Å². The van der Waals surface area contributed by atoms with Crippen molar-refractivity contribution in [1.29, 1.82) is 5.26 Å². The molecular formula is C14H9ClN2O3. The van der Waals surface area contributed by atoms with Crippen molar-refractivity contribution in [2.75, 3.05) is 0 Å². The third-order valence-corrected chi connectivity index (χ3v) is 2.79. The third kappa shape index (κ3) is 3.25. The van der Waals surface area contributed by atoms with E-state index in [1.165, 1.54) is 12.1 Å². The van der Waals surface area contributed by atoms with Crippen molar-refractivity contribution in [2.24, 2.45) is 0 Å². The molecule has 0 radical (unpaired) electrons. The number of nitriles is 1. The number of ether oxygens (including phenoxy) is 1. The molecule has 0 aliphatic carbocycles. The molecule has 0 fully saturated rings. The maximum atomic E-state index is 10.8. The fraction of sp³-hybridized carbons (Fsp3) is 0.0714. The van der Waals surface area contributed by atoms with Gasteiger partial charge in [0.15, 0.2) is 0 Å². The Morgan fingerprint density at radius 2 is 2.20 bits per heavy atom. The smallest absolute Gasteiger partial charge is 0.354 e. The van der Waals surface area contributed by atoms with Gasteiger partial charge in [-0.3, -0.25) is 0 Å². The van der Waals surface area contributed by atoms with E-state index in [1.807, 2.05) is 6.07 Å². The highest BCUT2D eigenvalue weighted by Crippen LogP contribution is 2.22. The van der Waals surface area contributed by atoms with Crippen molar-refractivity contribution in [3.8, 4) is 11.8 Å². The predicted molar refractivity (Wildman–Crippen MR) is 71.7 cm³/mol. The zero-order valence-electron chi connectivity index (χ0n) is 10.2. The van der Waals surface area contributed by atoms with Crippen LogP contribution in [0.4, 0.5) is 0 Å². The molecule has 0 atom stereocenters. The number of hydrogen-bond donors (Lipinski definition) is 1. The molecule has 1 heterocycles. The van der Waals surface area contributed by atoms with Crippen LogP contribution in [0, 0.1) is 11.3 Å². The van der Waals surface area contributed by atoms with Gasteiger partial charge in [-0.2, -0.15) is 5.26 Å². The number of carbonyl (C=O) groups is 1. The monoisotopic (exact) mass is 288 g/mol. The van der Waals surface area contributed by atoms with Crippen LogP contribution in [0.25, 0.3) is 0 Å². The van der Waals surface area contributed by atoms with E-state index < -0.39 is 5.97 Å². The van der Waals surface area contributed by atoms with E-state index in [2.05, 4.69) is 4.98 Å². The molecule has 1 aromatic heterocycles. The average Bonchev–Trinajstić information content (AvgIpc) is 2.45. The number of rotatable bonds is 4. The number of nitrogens with zero attached hydrogens (tertiary/aromatic N) is 2. The number of aromatic carboxylic acids is 1. The molecule has 20 heavy (non-hydrogen) atoms. The van der Waals surface area contributed by atoms with Gasteiger partial charge < -0.3 is 9.84 Å². The minimum atomic E-state index is -1.09. The Bertz CT molecular complexity index is 695. The second-order valence-electron chi connectivity index (χ2n) is 3.86. The van der Waals surface area contributed by atoms with E-state index in [0.29, 0.717) is 22.0 Å². The lowest BCUT2D eigenvalue weighted by Crippen LogP contribution is -2.05. The van der Waals surface area contributed by atoms with Crippen molar-refractivity contribution in [3.05, 3.63) is 58.4 Å². The molecule has 0 aliphatic heterocycles. The number of carboxylic acids is 1.